The molecule has 4 aromatic rings. The number of thiazole rings is 1. The minimum atomic E-state index is -0.438. The normalized spacial score (nSPS) is 20.6. The monoisotopic (exact) mass is 493 g/mol. The molecule has 172 valence electrons. The summed E-state index contributed by atoms with van der Waals surface area (Å²) in [5, 5.41) is 9.04. The Bertz CT molecular complexity index is 1370. The van der Waals surface area contributed by atoms with Gasteiger partial charge in [-0.2, -0.15) is 0 Å². The third kappa shape index (κ3) is 3.80. The number of rotatable bonds is 6. The van der Waals surface area contributed by atoms with Crippen LogP contribution in [-0.2, 0) is 0 Å². The smallest absolute Gasteiger partial charge is 0.280 e. The Balaban J connectivity index is 1.26. The van der Waals surface area contributed by atoms with Gasteiger partial charge in [0, 0.05) is 53.4 Å². The van der Waals surface area contributed by atoms with Crippen LogP contribution in [0.2, 0.25) is 5.02 Å². The summed E-state index contributed by atoms with van der Waals surface area (Å²) < 4.78 is 5.96. The second kappa shape index (κ2) is 8.59. The highest BCUT2D eigenvalue weighted by molar-refractivity contribution is 7.11. The van der Waals surface area contributed by atoms with Crippen LogP contribution in [0.25, 0.3) is 22.6 Å². The van der Waals surface area contributed by atoms with Crippen LogP contribution in [0.5, 0.6) is 0 Å². The molecule has 34 heavy (non-hydrogen) atoms. The van der Waals surface area contributed by atoms with Gasteiger partial charge >= 0.3 is 0 Å². The molecule has 6 rings (SSSR count). The molecule has 0 radical (unpaired) electrons. The van der Waals surface area contributed by atoms with E-state index in [0.717, 1.165) is 18.7 Å². The molecule has 0 spiro atoms. The van der Waals surface area contributed by atoms with Crippen LogP contribution < -0.4 is 10.6 Å². The molecule has 2 unspecified atom stereocenters. The number of amides is 1. The van der Waals surface area contributed by atoms with E-state index in [1.54, 1.807) is 41.9 Å². The van der Waals surface area contributed by atoms with Crippen molar-refractivity contribution in [3.8, 4) is 11.5 Å². The Morgan fingerprint density at radius 2 is 2.00 bits per heavy atom. The highest BCUT2D eigenvalue weighted by Gasteiger charge is 2.49. The Hall–Kier alpha value is -3.11. The number of carbonyl (C=O) groups is 2. The lowest BCUT2D eigenvalue weighted by atomic mass is 9.85. The molecule has 2 aliphatic heterocycles. The summed E-state index contributed by atoms with van der Waals surface area (Å²) in [7, 11) is 0. The number of benzene rings is 2. The second-order valence-corrected chi connectivity index (χ2v) is 9.77. The predicted molar refractivity (Wildman–Crippen MR) is 129 cm³/mol. The number of nitrogens with one attached hydrogen (secondary N) is 2. The van der Waals surface area contributed by atoms with Gasteiger partial charge in [-0.3, -0.25) is 14.5 Å². The van der Waals surface area contributed by atoms with Crippen molar-refractivity contribution in [1.82, 2.24) is 25.5 Å². The van der Waals surface area contributed by atoms with Crippen molar-refractivity contribution in [3.63, 3.8) is 0 Å². The van der Waals surface area contributed by atoms with E-state index < -0.39 is 6.04 Å². The molecule has 0 saturated carbocycles. The molecule has 8 nitrogen and oxygen atoms in total. The number of fused-ring (bicyclic) bond motifs is 1. The van der Waals surface area contributed by atoms with Gasteiger partial charge in [0.1, 0.15) is 5.52 Å². The molecule has 2 N–H and O–H groups in total. The molecule has 0 bridgehead atoms. The summed E-state index contributed by atoms with van der Waals surface area (Å²) in [5.74, 6) is 0.173. The fourth-order valence-corrected chi connectivity index (χ4v) is 5.07. The third-order valence-electron chi connectivity index (χ3n) is 6.35. The maximum Gasteiger partial charge on any atom is 0.280 e. The predicted octanol–water partition coefficient (Wildman–Crippen LogP) is 3.24. The zero-order chi connectivity index (χ0) is 23.2. The Labute approximate surface area is 203 Å². The molecular formula is C24H20ClN5O3S. The van der Waals surface area contributed by atoms with Crippen molar-refractivity contribution in [2.75, 3.05) is 19.6 Å². The topological polar surface area (TPSA) is 100 Å². The number of carbonyl (C=O) groups excluding carboxylic acids is 2. The highest BCUT2D eigenvalue weighted by Crippen LogP contribution is 2.30. The molecule has 10 heteroatoms. The zero-order valence-corrected chi connectivity index (χ0v) is 19.5. The molecule has 2 aliphatic rings. The Morgan fingerprint density at radius 3 is 2.71 bits per heavy atom. The summed E-state index contributed by atoms with van der Waals surface area (Å²) >= 11 is 7.26. The van der Waals surface area contributed by atoms with E-state index in [1.165, 1.54) is 11.3 Å². The number of ketones is 1. The first-order valence-electron chi connectivity index (χ1n) is 10.9. The van der Waals surface area contributed by atoms with E-state index >= 15 is 0 Å². The SMILES string of the molecule is O=C(NC1CN(C2CNC2)C1C(=O)c1ccc2nc(-c3ccc(Cl)cc3)oc2c1)c1nccs1. The molecule has 2 aromatic carbocycles. The van der Waals surface area contributed by atoms with E-state index in [1.807, 2.05) is 12.1 Å². The number of oxazole rings is 1. The van der Waals surface area contributed by atoms with E-state index in [-0.39, 0.29) is 23.8 Å². The fraction of sp³-hybridized carbons (Fsp3) is 0.250. The summed E-state index contributed by atoms with van der Waals surface area (Å²) in [6.45, 7) is 2.30. The minimum absolute atomic E-state index is 0.0473. The van der Waals surface area contributed by atoms with Crippen molar-refractivity contribution in [2.24, 2.45) is 0 Å². The lowest BCUT2D eigenvalue weighted by Gasteiger charge is -2.53. The van der Waals surface area contributed by atoms with Crippen molar-refractivity contribution >= 4 is 45.7 Å². The lowest BCUT2D eigenvalue weighted by Crippen LogP contribution is -2.76. The van der Waals surface area contributed by atoms with Crippen molar-refractivity contribution in [3.05, 3.63) is 69.6 Å². The Kier molecular flexibility index (Phi) is 5.41. The number of hydrogen-bond donors (Lipinski definition) is 2. The minimum Gasteiger partial charge on any atom is -0.436 e. The average Bonchev–Trinajstić information content (AvgIpc) is 3.47. The number of hydrogen-bond acceptors (Lipinski definition) is 8. The first-order chi connectivity index (χ1) is 16.6. The first kappa shape index (κ1) is 21.4. The van der Waals surface area contributed by atoms with Crippen LogP contribution in [0, 0.1) is 0 Å². The molecular weight excluding hydrogens is 474 g/mol. The van der Waals surface area contributed by atoms with Crippen LogP contribution in [0.3, 0.4) is 0 Å². The van der Waals surface area contributed by atoms with Gasteiger partial charge in [-0.1, -0.05) is 11.6 Å². The average molecular weight is 494 g/mol. The lowest BCUT2D eigenvalue weighted by molar-refractivity contribution is -0.00544. The van der Waals surface area contributed by atoms with E-state index in [2.05, 4.69) is 25.5 Å². The van der Waals surface area contributed by atoms with Crippen molar-refractivity contribution < 1.29 is 14.0 Å². The van der Waals surface area contributed by atoms with Gasteiger partial charge < -0.3 is 15.1 Å². The van der Waals surface area contributed by atoms with Crippen LogP contribution in [-0.4, -0.2) is 64.3 Å². The molecule has 1 amide bonds. The van der Waals surface area contributed by atoms with Crippen LogP contribution in [0.1, 0.15) is 20.2 Å². The molecule has 2 atom stereocenters. The molecule has 2 saturated heterocycles. The number of likely N-dealkylation sites (tertiary alicyclic amines) is 1. The molecule has 4 heterocycles. The number of aromatic nitrogens is 2. The van der Waals surface area contributed by atoms with Crippen LogP contribution in [0.4, 0.5) is 0 Å². The number of Topliss-reactive ketones (excluding diaryl/α,β-unsaturated/α-hetero) is 1. The van der Waals surface area contributed by atoms with Gasteiger partial charge in [-0.25, -0.2) is 9.97 Å². The van der Waals surface area contributed by atoms with E-state index in [9.17, 15) is 9.59 Å². The zero-order valence-electron chi connectivity index (χ0n) is 17.9. The molecule has 2 aromatic heterocycles. The van der Waals surface area contributed by atoms with Gasteiger partial charge in [0.15, 0.2) is 16.4 Å². The fourth-order valence-electron chi connectivity index (χ4n) is 4.41. The summed E-state index contributed by atoms with van der Waals surface area (Å²) in [5.41, 5.74) is 2.54. The van der Waals surface area contributed by atoms with Gasteiger partial charge in [-0.05, 0) is 42.5 Å². The number of nitrogens with zero attached hydrogens (tertiary/aromatic N) is 3. The van der Waals surface area contributed by atoms with Gasteiger partial charge in [0.2, 0.25) is 5.89 Å². The highest BCUT2D eigenvalue weighted by atomic mass is 35.5. The molecule has 0 aliphatic carbocycles. The standard InChI is InChI=1S/C24H20ClN5O3S/c25-15-4-1-13(2-5-15)23-29-17-6-3-14(9-19(17)33-23)21(31)20-18(12-30(20)16-10-26-11-16)28-22(32)24-27-7-8-34-24/h1-9,16,18,20,26H,10-12H2,(H,28,32). The summed E-state index contributed by atoms with van der Waals surface area (Å²) in [6, 6.07) is 12.1. The first-order valence-corrected chi connectivity index (χ1v) is 12.2. The maximum atomic E-state index is 13.6. The quantitative estimate of drug-likeness (QED) is 0.398. The summed E-state index contributed by atoms with van der Waals surface area (Å²) in [6.07, 6.45) is 1.60. The summed E-state index contributed by atoms with van der Waals surface area (Å²) in [4.78, 5) is 37.0. The van der Waals surface area contributed by atoms with Gasteiger partial charge in [0.05, 0.1) is 12.1 Å². The van der Waals surface area contributed by atoms with E-state index in [4.69, 9.17) is 16.0 Å². The van der Waals surface area contributed by atoms with E-state index in [0.29, 0.717) is 39.1 Å². The van der Waals surface area contributed by atoms with Crippen molar-refractivity contribution in [2.45, 2.75) is 18.1 Å². The number of halogens is 1. The largest absolute Gasteiger partial charge is 0.436 e. The second-order valence-electron chi connectivity index (χ2n) is 8.44. The van der Waals surface area contributed by atoms with Crippen molar-refractivity contribution in [1.29, 1.82) is 0 Å². The van der Waals surface area contributed by atoms with Gasteiger partial charge in [0.25, 0.3) is 5.91 Å². The third-order valence-corrected chi connectivity index (χ3v) is 7.37. The van der Waals surface area contributed by atoms with Crippen LogP contribution >= 0.6 is 22.9 Å². The van der Waals surface area contributed by atoms with Crippen LogP contribution in [0.15, 0.2) is 58.5 Å². The maximum absolute atomic E-state index is 13.6. The Morgan fingerprint density at radius 1 is 1.18 bits per heavy atom. The molecule has 2 fully saturated rings. The van der Waals surface area contributed by atoms with Gasteiger partial charge in [-0.15, -0.1) is 11.3 Å².